The molecule has 1 aromatic heterocycles. The van der Waals surface area contributed by atoms with Crippen LogP contribution in [-0.4, -0.2) is 22.0 Å². The topological polar surface area (TPSA) is 79.3 Å². The number of carboxylic acids is 1. The van der Waals surface area contributed by atoms with E-state index >= 15 is 0 Å². The zero-order valence-electron chi connectivity index (χ0n) is 10.9. The molecule has 5 nitrogen and oxygen atoms in total. The van der Waals surface area contributed by atoms with Gasteiger partial charge in [0.1, 0.15) is 0 Å². The molecule has 0 spiro atoms. The standard InChI is InChI=1S/C14H14N2O3S/c1-9-15-12(8-20-9)7-13(17)16-11-4-2-3-10(5-11)6-14(18)19/h2-5,8H,6-7H2,1H3,(H,16,17)(H,18,19). The van der Waals surface area contributed by atoms with Gasteiger partial charge in [-0.3, -0.25) is 9.59 Å². The summed E-state index contributed by atoms with van der Waals surface area (Å²) in [5.41, 5.74) is 1.99. The van der Waals surface area contributed by atoms with Crippen molar-refractivity contribution in [3.8, 4) is 0 Å². The Bertz CT molecular complexity index is 637. The number of carboxylic acid groups (broad SMARTS) is 1. The van der Waals surface area contributed by atoms with Crippen molar-refractivity contribution < 1.29 is 14.7 Å². The molecule has 2 rings (SSSR count). The normalized spacial score (nSPS) is 10.2. The summed E-state index contributed by atoms with van der Waals surface area (Å²) in [6.45, 7) is 1.89. The van der Waals surface area contributed by atoms with Crippen molar-refractivity contribution in [1.82, 2.24) is 4.98 Å². The molecule has 1 amide bonds. The van der Waals surface area contributed by atoms with Crippen molar-refractivity contribution in [2.24, 2.45) is 0 Å². The van der Waals surface area contributed by atoms with Gasteiger partial charge in [-0.1, -0.05) is 12.1 Å². The lowest BCUT2D eigenvalue weighted by Crippen LogP contribution is -2.14. The second kappa shape index (κ2) is 6.29. The Balaban J connectivity index is 1.98. The van der Waals surface area contributed by atoms with Crippen LogP contribution in [0.15, 0.2) is 29.6 Å². The van der Waals surface area contributed by atoms with Gasteiger partial charge in [0.2, 0.25) is 5.91 Å². The lowest BCUT2D eigenvalue weighted by atomic mass is 10.1. The molecule has 0 aliphatic rings. The number of nitrogens with one attached hydrogen (secondary N) is 1. The van der Waals surface area contributed by atoms with Crippen molar-refractivity contribution >= 4 is 28.9 Å². The number of thiazole rings is 1. The SMILES string of the molecule is Cc1nc(CC(=O)Nc2cccc(CC(=O)O)c2)cs1. The smallest absolute Gasteiger partial charge is 0.307 e. The van der Waals surface area contributed by atoms with Gasteiger partial charge >= 0.3 is 5.97 Å². The van der Waals surface area contributed by atoms with Gasteiger partial charge in [0.25, 0.3) is 0 Å². The summed E-state index contributed by atoms with van der Waals surface area (Å²) < 4.78 is 0. The molecule has 0 aliphatic heterocycles. The van der Waals surface area contributed by atoms with Crippen LogP contribution < -0.4 is 5.32 Å². The summed E-state index contributed by atoms with van der Waals surface area (Å²) in [5, 5.41) is 14.3. The molecule has 0 fully saturated rings. The van der Waals surface area contributed by atoms with Gasteiger partial charge in [0.05, 0.1) is 23.5 Å². The molecule has 0 unspecified atom stereocenters. The Morgan fingerprint density at radius 3 is 2.80 bits per heavy atom. The first-order chi connectivity index (χ1) is 9.52. The number of benzene rings is 1. The molecule has 0 aliphatic carbocycles. The highest BCUT2D eigenvalue weighted by molar-refractivity contribution is 7.09. The van der Waals surface area contributed by atoms with Crippen molar-refractivity contribution in [3.63, 3.8) is 0 Å². The molecule has 2 N–H and O–H groups in total. The first-order valence-electron chi connectivity index (χ1n) is 6.04. The van der Waals surface area contributed by atoms with E-state index in [2.05, 4.69) is 10.3 Å². The maximum Gasteiger partial charge on any atom is 0.307 e. The number of anilines is 1. The highest BCUT2D eigenvalue weighted by atomic mass is 32.1. The fourth-order valence-corrected chi connectivity index (χ4v) is 2.41. The van der Waals surface area contributed by atoms with E-state index < -0.39 is 5.97 Å². The largest absolute Gasteiger partial charge is 0.481 e. The van der Waals surface area contributed by atoms with E-state index in [0.29, 0.717) is 11.3 Å². The Labute approximate surface area is 120 Å². The van der Waals surface area contributed by atoms with Crippen LogP contribution in [0.25, 0.3) is 0 Å². The Morgan fingerprint density at radius 2 is 2.15 bits per heavy atom. The lowest BCUT2D eigenvalue weighted by Gasteiger charge is -2.05. The van der Waals surface area contributed by atoms with Crippen LogP contribution in [0.5, 0.6) is 0 Å². The molecule has 104 valence electrons. The number of amides is 1. The summed E-state index contributed by atoms with van der Waals surface area (Å²) in [6.07, 6.45) is 0.155. The van der Waals surface area contributed by atoms with E-state index in [9.17, 15) is 9.59 Å². The number of aromatic nitrogens is 1. The fourth-order valence-electron chi connectivity index (χ4n) is 1.79. The van der Waals surface area contributed by atoms with E-state index in [1.165, 1.54) is 11.3 Å². The summed E-state index contributed by atoms with van der Waals surface area (Å²) in [6, 6.07) is 6.84. The van der Waals surface area contributed by atoms with Crippen LogP contribution in [0.2, 0.25) is 0 Å². The van der Waals surface area contributed by atoms with E-state index in [1.54, 1.807) is 24.3 Å². The van der Waals surface area contributed by atoms with Crippen LogP contribution >= 0.6 is 11.3 Å². The molecule has 1 heterocycles. The number of rotatable bonds is 5. The zero-order valence-corrected chi connectivity index (χ0v) is 11.7. The first-order valence-corrected chi connectivity index (χ1v) is 6.92. The highest BCUT2D eigenvalue weighted by Crippen LogP contribution is 2.13. The van der Waals surface area contributed by atoms with Crippen LogP contribution in [0.4, 0.5) is 5.69 Å². The maximum atomic E-state index is 11.9. The third-order valence-corrected chi connectivity index (χ3v) is 3.40. The van der Waals surface area contributed by atoms with E-state index in [0.717, 1.165) is 10.7 Å². The second-order valence-corrected chi connectivity index (χ2v) is 5.42. The Kier molecular flexibility index (Phi) is 4.47. The summed E-state index contributed by atoms with van der Waals surface area (Å²) in [4.78, 5) is 26.7. The van der Waals surface area contributed by atoms with Crippen molar-refractivity contribution in [2.75, 3.05) is 5.32 Å². The average molecular weight is 290 g/mol. The highest BCUT2D eigenvalue weighted by Gasteiger charge is 2.08. The molecule has 0 bridgehead atoms. The van der Waals surface area contributed by atoms with Gasteiger partial charge in [-0.05, 0) is 24.6 Å². The predicted octanol–water partition coefficient (Wildman–Crippen LogP) is 2.26. The second-order valence-electron chi connectivity index (χ2n) is 4.35. The Hall–Kier alpha value is -2.21. The number of hydrogen-bond acceptors (Lipinski definition) is 4. The monoisotopic (exact) mass is 290 g/mol. The molecule has 0 radical (unpaired) electrons. The zero-order chi connectivity index (χ0) is 14.5. The van der Waals surface area contributed by atoms with Crippen molar-refractivity contribution in [1.29, 1.82) is 0 Å². The van der Waals surface area contributed by atoms with E-state index in [-0.39, 0.29) is 18.7 Å². The predicted molar refractivity (Wildman–Crippen MR) is 77.0 cm³/mol. The summed E-state index contributed by atoms with van der Waals surface area (Å²) >= 11 is 1.51. The van der Waals surface area contributed by atoms with Gasteiger partial charge in [0.15, 0.2) is 0 Å². The van der Waals surface area contributed by atoms with Crippen LogP contribution in [0.1, 0.15) is 16.3 Å². The van der Waals surface area contributed by atoms with Crippen LogP contribution in [0.3, 0.4) is 0 Å². The number of aryl methyl sites for hydroxylation is 1. The molecule has 6 heteroatoms. The van der Waals surface area contributed by atoms with Crippen LogP contribution in [-0.2, 0) is 22.4 Å². The van der Waals surface area contributed by atoms with Gasteiger partial charge in [-0.15, -0.1) is 11.3 Å². The van der Waals surface area contributed by atoms with Gasteiger partial charge < -0.3 is 10.4 Å². The molecule has 0 saturated heterocycles. The van der Waals surface area contributed by atoms with Crippen molar-refractivity contribution in [3.05, 3.63) is 45.9 Å². The molecule has 20 heavy (non-hydrogen) atoms. The summed E-state index contributed by atoms with van der Waals surface area (Å²) in [7, 11) is 0. The summed E-state index contributed by atoms with van der Waals surface area (Å²) in [5.74, 6) is -1.06. The lowest BCUT2D eigenvalue weighted by molar-refractivity contribution is -0.136. The molecule has 0 saturated carbocycles. The third kappa shape index (κ3) is 4.17. The van der Waals surface area contributed by atoms with Crippen molar-refractivity contribution in [2.45, 2.75) is 19.8 Å². The minimum absolute atomic E-state index is 0.0605. The van der Waals surface area contributed by atoms with Gasteiger partial charge in [-0.2, -0.15) is 0 Å². The molecular formula is C14H14N2O3S. The third-order valence-electron chi connectivity index (χ3n) is 2.57. The number of carbonyl (C=O) groups is 2. The molecular weight excluding hydrogens is 276 g/mol. The number of nitrogens with zero attached hydrogens (tertiary/aromatic N) is 1. The number of carbonyl (C=O) groups excluding carboxylic acids is 1. The quantitative estimate of drug-likeness (QED) is 0.885. The minimum Gasteiger partial charge on any atom is -0.481 e. The van der Waals surface area contributed by atoms with Crippen LogP contribution in [0, 0.1) is 6.92 Å². The fraction of sp³-hybridized carbons (Fsp3) is 0.214. The average Bonchev–Trinajstić information content (AvgIpc) is 2.74. The number of aliphatic carboxylic acids is 1. The molecule has 2 aromatic rings. The maximum absolute atomic E-state index is 11.9. The van der Waals surface area contributed by atoms with E-state index in [4.69, 9.17) is 5.11 Å². The Morgan fingerprint density at radius 1 is 1.35 bits per heavy atom. The van der Waals surface area contributed by atoms with Gasteiger partial charge in [-0.25, -0.2) is 4.98 Å². The van der Waals surface area contributed by atoms with Gasteiger partial charge in [0, 0.05) is 11.1 Å². The van der Waals surface area contributed by atoms with E-state index in [1.807, 2.05) is 12.3 Å². The first kappa shape index (κ1) is 14.2. The number of hydrogen-bond donors (Lipinski definition) is 2. The molecule has 1 aromatic carbocycles. The minimum atomic E-state index is -0.897. The molecule has 0 atom stereocenters.